The minimum Gasteiger partial charge on any atom is -0.490 e. The van der Waals surface area contributed by atoms with Crippen LogP contribution in [0.4, 0.5) is 21.0 Å². The van der Waals surface area contributed by atoms with E-state index in [0.717, 1.165) is 44.9 Å². The number of hydrogen-bond donors (Lipinski definition) is 4. The van der Waals surface area contributed by atoms with Crippen LogP contribution in [-0.2, 0) is 4.74 Å². The molecule has 0 spiro atoms. The molecule has 1 aliphatic carbocycles. The molecule has 2 aromatic carbocycles. The second-order valence-corrected chi connectivity index (χ2v) is 13.1. The van der Waals surface area contributed by atoms with Gasteiger partial charge in [0, 0.05) is 50.1 Å². The molecular formula is C36H53N5O6. The number of para-hydroxylation sites is 1. The van der Waals surface area contributed by atoms with E-state index >= 15 is 0 Å². The van der Waals surface area contributed by atoms with Crippen molar-refractivity contribution in [2.45, 2.75) is 96.4 Å². The average Bonchev–Trinajstić information content (AvgIpc) is 3.06. The zero-order valence-corrected chi connectivity index (χ0v) is 28.4. The van der Waals surface area contributed by atoms with E-state index in [9.17, 15) is 19.5 Å². The minimum atomic E-state index is -0.505. The third-order valence-corrected chi connectivity index (χ3v) is 9.08. The van der Waals surface area contributed by atoms with Gasteiger partial charge in [0.2, 0.25) is 0 Å². The number of urea groups is 2. The van der Waals surface area contributed by atoms with Gasteiger partial charge in [0.15, 0.2) is 0 Å². The number of rotatable bonds is 7. The van der Waals surface area contributed by atoms with Crippen molar-refractivity contribution in [1.82, 2.24) is 15.1 Å². The fourth-order valence-corrected chi connectivity index (χ4v) is 6.16. The maximum atomic E-state index is 14.3. The van der Waals surface area contributed by atoms with Crippen LogP contribution in [0.3, 0.4) is 0 Å². The Labute approximate surface area is 279 Å². The number of hydrogen-bond acceptors (Lipinski definition) is 6. The summed E-state index contributed by atoms with van der Waals surface area (Å²) < 4.78 is 12.7. The Bertz CT molecular complexity index is 1300. The molecule has 0 radical (unpaired) electrons. The van der Waals surface area contributed by atoms with Crippen LogP contribution >= 0.6 is 0 Å². The lowest BCUT2D eigenvalue weighted by molar-refractivity contribution is -0.0115. The molecule has 2 aliphatic rings. The number of nitrogens with one attached hydrogen (secondary N) is 3. The van der Waals surface area contributed by atoms with E-state index in [2.05, 4.69) is 16.0 Å². The van der Waals surface area contributed by atoms with Crippen molar-refractivity contribution in [3.8, 4) is 5.75 Å². The lowest BCUT2D eigenvalue weighted by atomic mass is 9.96. The van der Waals surface area contributed by atoms with Crippen LogP contribution in [0.25, 0.3) is 0 Å². The first kappa shape index (κ1) is 36.0. The summed E-state index contributed by atoms with van der Waals surface area (Å²) in [6.45, 7) is 6.63. The van der Waals surface area contributed by atoms with E-state index in [0.29, 0.717) is 35.8 Å². The zero-order valence-electron chi connectivity index (χ0n) is 28.4. The molecule has 1 fully saturated rings. The summed E-state index contributed by atoms with van der Waals surface area (Å²) in [5.41, 5.74) is 1.50. The standard InChI is InChI=1S/C36H53N5O6/c1-25-22-41(26(2)24-42)34(43)31-21-30(38-35(44)37-28-14-7-5-8-15-28)18-19-32(31)47-27(3)13-11-12-20-46-33(25)23-40(4)36(45)39-29-16-9-6-10-17-29/h6,9-10,16-19,21,25-28,33,42H,5,7-8,11-15,20,22-24H2,1-4H3,(H,39,45)(H2,37,38,44)/t25-,26-,27+,33-/m1/s1. The molecular weight excluding hydrogens is 598 g/mol. The molecule has 258 valence electrons. The second-order valence-electron chi connectivity index (χ2n) is 13.1. The molecule has 0 bridgehead atoms. The zero-order chi connectivity index (χ0) is 33.8. The van der Waals surface area contributed by atoms with Gasteiger partial charge in [-0.1, -0.05) is 44.4 Å². The number of aliphatic hydroxyl groups excluding tert-OH is 1. The molecule has 4 rings (SSSR count). The van der Waals surface area contributed by atoms with Gasteiger partial charge in [0.05, 0.1) is 30.4 Å². The monoisotopic (exact) mass is 651 g/mol. The van der Waals surface area contributed by atoms with Gasteiger partial charge in [0.1, 0.15) is 5.75 Å². The van der Waals surface area contributed by atoms with Crippen LogP contribution in [0.15, 0.2) is 48.5 Å². The maximum Gasteiger partial charge on any atom is 0.321 e. The Kier molecular flexibility index (Phi) is 13.7. The van der Waals surface area contributed by atoms with Crippen molar-refractivity contribution in [2.75, 3.05) is 44.0 Å². The fourth-order valence-electron chi connectivity index (χ4n) is 6.16. The molecule has 0 saturated heterocycles. The second kappa shape index (κ2) is 17.9. The Morgan fingerprint density at radius 2 is 1.70 bits per heavy atom. The number of anilines is 2. The van der Waals surface area contributed by atoms with Crippen LogP contribution < -0.4 is 20.7 Å². The lowest BCUT2D eigenvalue weighted by Gasteiger charge is -2.35. The van der Waals surface area contributed by atoms with Crippen LogP contribution in [0.1, 0.15) is 82.5 Å². The molecule has 11 nitrogen and oxygen atoms in total. The first-order valence-electron chi connectivity index (χ1n) is 17.1. The Morgan fingerprint density at radius 1 is 0.979 bits per heavy atom. The first-order chi connectivity index (χ1) is 22.6. The van der Waals surface area contributed by atoms with E-state index < -0.39 is 6.04 Å². The molecule has 4 N–H and O–H groups in total. The van der Waals surface area contributed by atoms with Crippen molar-refractivity contribution in [2.24, 2.45) is 5.92 Å². The quantitative estimate of drug-likeness (QED) is 0.286. The van der Waals surface area contributed by atoms with Crippen molar-refractivity contribution < 1.29 is 29.0 Å². The minimum absolute atomic E-state index is 0.146. The summed E-state index contributed by atoms with van der Waals surface area (Å²) in [4.78, 5) is 43.5. The molecule has 4 atom stereocenters. The highest BCUT2D eigenvalue weighted by Gasteiger charge is 2.31. The Morgan fingerprint density at radius 3 is 2.43 bits per heavy atom. The number of carbonyl (C=O) groups excluding carboxylic acids is 3. The smallest absolute Gasteiger partial charge is 0.321 e. The molecule has 0 aromatic heterocycles. The van der Waals surface area contributed by atoms with Crippen LogP contribution in [0.2, 0.25) is 0 Å². The molecule has 1 heterocycles. The predicted molar refractivity (Wildman–Crippen MR) is 184 cm³/mol. The van der Waals surface area contributed by atoms with Crippen LogP contribution in [-0.4, -0.2) is 90.5 Å². The number of amides is 5. The Hall–Kier alpha value is -3.83. The number of aliphatic hydroxyl groups is 1. The van der Waals surface area contributed by atoms with Gasteiger partial charge in [-0.15, -0.1) is 0 Å². The number of carbonyl (C=O) groups is 3. The maximum absolute atomic E-state index is 14.3. The highest BCUT2D eigenvalue weighted by atomic mass is 16.5. The average molecular weight is 652 g/mol. The summed E-state index contributed by atoms with van der Waals surface area (Å²) in [6, 6.07) is 13.5. The largest absolute Gasteiger partial charge is 0.490 e. The SMILES string of the molecule is C[C@@H]1CN([C@H](C)CO)C(=O)c2cc(NC(=O)NC3CCCCC3)ccc2O[C@@H](C)CCCCO[C@@H]1CN(C)C(=O)Nc1ccccc1. The van der Waals surface area contributed by atoms with Gasteiger partial charge in [-0.25, -0.2) is 9.59 Å². The summed E-state index contributed by atoms with van der Waals surface area (Å²) in [7, 11) is 1.73. The molecule has 1 aliphatic heterocycles. The van der Waals surface area contributed by atoms with Crippen molar-refractivity contribution >= 4 is 29.3 Å². The van der Waals surface area contributed by atoms with E-state index in [1.807, 2.05) is 44.2 Å². The van der Waals surface area contributed by atoms with E-state index in [1.54, 1.807) is 42.0 Å². The topological polar surface area (TPSA) is 132 Å². The van der Waals surface area contributed by atoms with Crippen molar-refractivity contribution in [3.63, 3.8) is 0 Å². The van der Waals surface area contributed by atoms with Gasteiger partial charge in [-0.2, -0.15) is 0 Å². The third kappa shape index (κ3) is 10.9. The van der Waals surface area contributed by atoms with Crippen molar-refractivity contribution in [3.05, 3.63) is 54.1 Å². The van der Waals surface area contributed by atoms with E-state index in [1.165, 1.54) is 6.42 Å². The van der Waals surface area contributed by atoms with Gasteiger partial charge >= 0.3 is 12.1 Å². The normalized spacial score (nSPS) is 22.2. The molecule has 0 unspecified atom stereocenters. The summed E-state index contributed by atoms with van der Waals surface area (Å²) in [5.74, 6) is -0.0673. The summed E-state index contributed by atoms with van der Waals surface area (Å²) in [6.07, 6.45) is 7.25. The summed E-state index contributed by atoms with van der Waals surface area (Å²) in [5, 5.41) is 19.1. The third-order valence-electron chi connectivity index (χ3n) is 9.08. The van der Waals surface area contributed by atoms with Gasteiger partial charge in [-0.3, -0.25) is 4.79 Å². The van der Waals surface area contributed by atoms with Crippen LogP contribution in [0, 0.1) is 5.92 Å². The molecule has 11 heteroatoms. The molecule has 2 aromatic rings. The molecule has 1 saturated carbocycles. The highest BCUT2D eigenvalue weighted by molar-refractivity contribution is 5.99. The first-order valence-corrected chi connectivity index (χ1v) is 17.1. The number of benzene rings is 2. The van der Waals surface area contributed by atoms with E-state index in [4.69, 9.17) is 9.47 Å². The van der Waals surface area contributed by atoms with Gasteiger partial charge in [0.25, 0.3) is 5.91 Å². The number of ether oxygens (including phenoxy) is 2. The number of fused-ring (bicyclic) bond motifs is 1. The summed E-state index contributed by atoms with van der Waals surface area (Å²) >= 11 is 0. The van der Waals surface area contributed by atoms with Crippen molar-refractivity contribution in [1.29, 1.82) is 0 Å². The highest BCUT2D eigenvalue weighted by Crippen LogP contribution is 2.29. The van der Waals surface area contributed by atoms with Gasteiger partial charge in [-0.05, 0) is 76.3 Å². The molecule has 5 amide bonds. The Balaban J connectivity index is 1.56. The number of nitrogens with zero attached hydrogens (tertiary/aromatic N) is 2. The predicted octanol–water partition coefficient (Wildman–Crippen LogP) is 6.10. The van der Waals surface area contributed by atoms with Crippen LogP contribution in [0.5, 0.6) is 5.75 Å². The van der Waals surface area contributed by atoms with E-state index in [-0.39, 0.29) is 55.3 Å². The lowest BCUT2D eigenvalue weighted by Crippen LogP contribution is -2.48. The number of likely N-dealkylation sites (N-methyl/N-ethyl adjacent to an activating group) is 1. The molecule has 47 heavy (non-hydrogen) atoms. The fraction of sp³-hybridized carbons (Fsp3) is 0.583. The van der Waals surface area contributed by atoms with Gasteiger partial charge < -0.3 is 40.3 Å².